The summed E-state index contributed by atoms with van der Waals surface area (Å²) in [6, 6.07) is 1.35. The van der Waals surface area contributed by atoms with Crippen LogP contribution in [0.5, 0.6) is 0 Å². The summed E-state index contributed by atoms with van der Waals surface area (Å²) in [7, 11) is 0. The molecule has 1 atom stereocenters. The summed E-state index contributed by atoms with van der Waals surface area (Å²) < 4.78 is 1.60. The van der Waals surface area contributed by atoms with Gasteiger partial charge in [-0.1, -0.05) is 0 Å². The molecule has 110 valence electrons. The van der Waals surface area contributed by atoms with Gasteiger partial charge < -0.3 is 20.1 Å². The summed E-state index contributed by atoms with van der Waals surface area (Å²) in [5, 5.41) is 31.8. The molecular formula is C12H17N3O5. The van der Waals surface area contributed by atoms with Crippen molar-refractivity contribution in [3.05, 3.63) is 28.1 Å². The highest BCUT2D eigenvalue weighted by Gasteiger charge is 2.31. The van der Waals surface area contributed by atoms with Crippen LogP contribution in [0.25, 0.3) is 0 Å². The minimum atomic E-state index is -1.42. The van der Waals surface area contributed by atoms with Crippen LogP contribution >= 0.6 is 0 Å². The van der Waals surface area contributed by atoms with Crippen molar-refractivity contribution in [2.45, 2.75) is 31.4 Å². The van der Waals surface area contributed by atoms with E-state index in [1.807, 2.05) is 0 Å². The Labute approximate surface area is 115 Å². The van der Waals surface area contributed by atoms with E-state index in [9.17, 15) is 20.0 Å². The van der Waals surface area contributed by atoms with Gasteiger partial charge in [-0.25, -0.2) is 0 Å². The Bertz CT molecular complexity index is 533. The van der Waals surface area contributed by atoms with Crippen molar-refractivity contribution in [2.24, 2.45) is 0 Å². The Morgan fingerprint density at radius 1 is 1.65 bits per heavy atom. The van der Waals surface area contributed by atoms with Crippen molar-refractivity contribution in [2.75, 3.05) is 13.2 Å². The van der Waals surface area contributed by atoms with Crippen molar-refractivity contribution in [1.29, 1.82) is 0 Å². The highest BCUT2D eigenvalue weighted by atomic mass is 16.6. The molecule has 1 aromatic heterocycles. The molecule has 2 rings (SSSR count). The second-order valence-corrected chi connectivity index (χ2v) is 5.32. The maximum absolute atomic E-state index is 12.0. The smallest absolute Gasteiger partial charge is 0.287 e. The van der Waals surface area contributed by atoms with Gasteiger partial charge in [-0.15, -0.1) is 0 Å². The van der Waals surface area contributed by atoms with E-state index in [1.165, 1.54) is 19.2 Å². The summed E-state index contributed by atoms with van der Waals surface area (Å²) in [5.41, 5.74) is -1.34. The Kier molecular flexibility index (Phi) is 3.78. The Hall–Kier alpha value is -1.93. The molecule has 8 heteroatoms. The highest BCUT2D eigenvalue weighted by molar-refractivity contribution is 5.93. The second-order valence-electron chi connectivity index (χ2n) is 5.32. The molecular weight excluding hydrogens is 266 g/mol. The molecule has 0 aliphatic heterocycles. The maximum Gasteiger partial charge on any atom is 0.287 e. The monoisotopic (exact) mass is 283 g/mol. The summed E-state index contributed by atoms with van der Waals surface area (Å²) in [4.78, 5) is 22.3. The average Bonchev–Trinajstić information content (AvgIpc) is 3.14. The van der Waals surface area contributed by atoms with Crippen LogP contribution in [0.3, 0.4) is 0 Å². The molecule has 3 N–H and O–H groups in total. The van der Waals surface area contributed by atoms with Crippen molar-refractivity contribution in [3.63, 3.8) is 0 Å². The zero-order valence-corrected chi connectivity index (χ0v) is 11.1. The van der Waals surface area contributed by atoms with Crippen LogP contribution in [0.1, 0.15) is 36.3 Å². The van der Waals surface area contributed by atoms with Gasteiger partial charge in [-0.3, -0.25) is 14.9 Å². The molecule has 1 aliphatic carbocycles. The number of carbonyl (C=O) groups excluding carboxylic acids is 1. The Balaban J connectivity index is 2.14. The molecule has 1 aliphatic rings. The fraction of sp³-hybridized carbons (Fsp3) is 0.583. The van der Waals surface area contributed by atoms with Gasteiger partial charge in [0, 0.05) is 18.7 Å². The molecule has 1 heterocycles. The minimum absolute atomic E-state index is 0.128. The van der Waals surface area contributed by atoms with Gasteiger partial charge >= 0.3 is 0 Å². The van der Waals surface area contributed by atoms with E-state index >= 15 is 0 Å². The average molecular weight is 283 g/mol. The quantitative estimate of drug-likeness (QED) is 0.509. The van der Waals surface area contributed by atoms with Crippen molar-refractivity contribution in [3.8, 4) is 0 Å². The van der Waals surface area contributed by atoms with Crippen molar-refractivity contribution in [1.82, 2.24) is 9.88 Å². The fourth-order valence-corrected chi connectivity index (χ4v) is 1.82. The molecule has 1 unspecified atom stereocenters. The molecule has 0 aromatic carbocycles. The SMILES string of the molecule is CC(O)(CO)CNC(=O)c1cc([N+](=O)[O-])cn1C1CC1. The molecule has 1 fully saturated rings. The lowest BCUT2D eigenvalue weighted by molar-refractivity contribution is -0.384. The van der Waals surface area contributed by atoms with E-state index in [2.05, 4.69) is 5.32 Å². The zero-order valence-electron chi connectivity index (χ0n) is 11.1. The lowest BCUT2D eigenvalue weighted by Gasteiger charge is -2.20. The molecule has 1 aromatic rings. The van der Waals surface area contributed by atoms with Crippen molar-refractivity contribution >= 4 is 11.6 Å². The van der Waals surface area contributed by atoms with E-state index in [-0.39, 0.29) is 24.0 Å². The van der Waals surface area contributed by atoms with E-state index in [4.69, 9.17) is 5.11 Å². The third-order valence-corrected chi connectivity index (χ3v) is 3.19. The molecule has 0 spiro atoms. The minimum Gasteiger partial charge on any atom is -0.393 e. The van der Waals surface area contributed by atoms with Crippen LogP contribution in [0.4, 0.5) is 5.69 Å². The number of rotatable bonds is 6. The number of aromatic nitrogens is 1. The first-order valence-electron chi connectivity index (χ1n) is 6.32. The largest absolute Gasteiger partial charge is 0.393 e. The number of carbonyl (C=O) groups is 1. The van der Waals surface area contributed by atoms with Gasteiger partial charge in [-0.2, -0.15) is 0 Å². The first-order valence-corrected chi connectivity index (χ1v) is 6.32. The lowest BCUT2D eigenvalue weighted by atomic mass is 10.1. The van der Waals surface area contributed by atoms with E-state index in [0.29, 0.717) is 0 Å². The van der Waals surface area contributed by atoms with Crippen LogP contribution in [-0.2, 0) is 0 Å². The predicted molar refractivity (Wildman–Crippen MR) is 69.4 cm³/mol. The molecule has 1 saturated carbocycles. The number of aliphatic hydroxyl groups is 2. The van der Waals surface area contributed by atoms with Gasteiger partial charge in [0.25, 0.3) is 11.6 Å². The van der Waals surface area contributed by atoms with Gasteiger partial charge in [0.1, 0.15) is 11.3 Å². The second kappa shape index (κ2) is 5.22. The summed E-state index contributed by atoms with van der Waals surface area (Å²) >= 11 is 0. The molecule has 0 radical (unpaired) electrons. The Morgan fingerprint density at radius 3 is 2.80 bits per heavy atom. The van der Waals surface area contributed by atoms with Crippen LogP contribution in [0, 0.1) is 10.1 Å². The van der Waals surface area contributed by atoms with Gasteiger partial charge in [-0.05, 0) is 19.8 Å². The first kappa shape index (κ1) is 14.5. The molecule has 0 bridgehead atoms. The summed E-state index contributed by atoms with van der Waals surface area (Å²) in [6.07, 6.45) is 3.14. The summed E-state index contributed by atoms with van der Waals surface area (Å²) in [6.45, 7) is 0.763. The predicted octanol–water partition coefficient (Wildman–Crippen LogP) is 0.204. The lowest BCUT2D eigenvalue weighted by Crippen LogP contribution is -2.43. The third kappa shape index (κ3) is 3.14. The number of hydrogen-bond donors (Lipinski definition) is 3. The number of nitrogens with one attached hydrogen (secondary N) is 1. The highest BCUT2D eigenvalue weighted by Crippen LogP contribution is 2.37. The third-order valence-electron chi connectivity index (χ3n) is 3.19. The molecule has 1 amide bonds. The Morgan fingerprint density at radius 2 is 2.30 bits per heavy atom. The van der Waals surface area contributed by atoms with E-state index in [0.717, 1.165) is 12.8 Å². The van der Waals surface area contributed by atoms with Crippen molar-refractivity contribution < 1.29 is 19.9 Å². The van der Waals surface area contributed by atoms with Crippen LogP contribution in [0.2, 0.25) is 0 Å². The fourth-order valence-electron chi connectivity index (χ4n) is 1.82. The van der Waals surface area contributed by atoms with E-state index in [1.54, 1.807) is 4.57 Å². The first-order chi connectivity index (χ1) is 9.34. The normalized spacial score (nSPS) is 17.6. The topological polar surface area (TPSA) is 118 Å². The van der Waals surface area contributed by atoms with Gasteiger partial charge in [0.2, 0.25) is 0 Å². The van der Waals surface area contributed by atoms with Gasteiger partial charge in [0.15, 0.2) is 0 Å². The van der Waals surface area contributed by atoms with Crippen LogP contribution in [0.15, 0.2) is 12.3 Å². The number of aliphatic hydroxyl groups excluding tert-OH is 1. The number of nitro groups is 1. The number of hydrogen-bond acceptors (Lipinski definition) is 5. The standard InChI is InChI=1S/C12H17N3O5/c1-12(18,7-16)6-13-11(17)10-4-9(15(19)20)5-14(10)8-2-3-8/h4-5,8,16,18H,2-3,6-7H2,1H3,(H,13,17). The molecule has 20 heavy (non-hydrogen) atoms. The molecule has 8 nitrogen and oxygen atoms in total. The van der Waals surface area contributed by atoms with E-state index < -0.39 is 23.0 Å². The number of amides is 1. The number of nitrogens with zero attached hydrogens (tertiary/aromatic N) is 2. The summed E-state index contributed by atoms with van der Waals surface area (Å²) in [5.74, 6) is -0.501. The molecule has 0 saturated heterocycles. The van der Waals surface area contributed by atoms with Gasteiger partial charge in [0.05, 0.1) is 17.7 Å². The van der Waals surface area contributed by atoms with Crippen LogP contribution in [-0.4, -0.2) is 44.4 Å². The zero-order chi connectivity index (χ0) is 14.9. The van der Waals surface area contributed by atoms with Crippen LogP contribution < -0.4 is 5.32 Å². The maximum atomic E-state index is 12.0.